The molecule has 4 nitrogen and oxygen atoms in total. The third-order valence-electron chi connectivity index (χ3n) is 2.95. The first kappa shape index (κ1) is 13.0. The number of hydrogen-bond donors (Lipinski definition) is 2. The molecule has 0 saturated heterocycles. The zero-order valence-corrected chi connectivity index (χ0v) is 11.8. The van der Waals surface area contributed by atoms with Gasteiger partial charge in [0.05, 0.1) is 17.0 Å². The molecule has 0 amide bonds. The van der Waals surface area contributed by atoms with Gasteiger partial charge in [-0.2, -0.15) is 0 Å². The van der Waals surface area contributed by atoms with Gasteiger partial charge in [-0.05, 0) is 43.5 Å². The molecule has 2 rings (SSSR count). The monoisotopic (exact) mass is 319 g/mol. The van der Waals surface area contributed by atoms with Gasteiger partial charge in [0.1, 0.15) is 0 Å². The minimum absolute atomic E-state index is 0.151. The summed E-state index contributed by atoms with van der Waals surface area (Å²) in [5.41, 5.74) is 0.238. The second kappa shape index (κ2) is 4.35. The second-order valence-corrected chi connectivity index (χ2v) is 6.99. The molecule has 17 heavy (non-hydrogen) atoms. The highest BCUT2D eigenvalue weighted by Gasteiger charge is 2.45. The van der Waals surface area contributed by atoms with Crippen LogP contribution in [0.4, 0.5) is 0 Å². The van der Waals surface area contributed by atoms with E-state index < -0.39 is 15.6 Å². The van der Waals surface area contributed by atoms with Gasteiger partial charge in [0, 0.05) is 4.47 Å². The van der Waals surface area contributed by atoms with E-state index in [9.17, 15) is 8.42 Å². The summed E-state index contributed by atoms with van der Waals surface area (Å²) in [6.45, 7) is 1.68. The van der Waals surface area contributed by atoms with Gasteiger partial charge in [-0.15, -0.1) is 0 Å². The number of halogens is 1. The molecule has 1 fully saturated rings. The second-order valence-electron chi connectivity index (χ2n) is 4.45. The van der Waals surface area contributed by atoms with Crippen molar-refractivity contribution in [3.05, 3.63) is 28.2 Å². The number of rotatable bonds is 4. The number of aliphatic hydroxyl groups is 1. The van der Waals surface area contributed by atoms with Crippen LogP contribution in [0.3, 0.4) is 0 Å². The topological polar surface area (TPSA) is 66.4 Å². The van der Waals surface area contributed by atoms with Gasteiger partial charge in [-0.3, -0.25) is 0 Å². The molecular weight excluding hydrogens is 306 g/mol. The highest BCUT2D eigenvalue weighted by molar-refractivity contribution is 9.10. The van der Waals surface area contributed by atoms with Crippen molar-refractivity contribution >= 4 is 26.0 Å². The zero-order valence-electron chi connectivity index (χ0n) is 9.40. The van der Waals surface area contributed by atoms with E-state index in [4.69, 9.17) is 5.11 Å². The lowest BCUT2D eigenvalue weighted by Crippen LogP contribution is -2.39. The molecule has 0 spiro atoms. The molecule has 0 aromatic heterocycles. The zero-order chi connectivity index (χ0) is 12.7. The van der Waals surface area contributed by atoms with Crippen molar-refractivity contribution in [2.24, 2.45) is 0 Å². The first-order valence-corrected chi connectivity index (χ1v) is 7.57. The number of aryl methyl sites for hydroxylation is 1. The van der Waals surface area contributed by atoms with Crippen LogP contribution >= 0.6 is 15.9 Å². The first-order valence-electron chi connectivity index (χ1n) is 5.30. The van der Waals surface area contributed by atoms with Crippen LogP contribution in [0.15, 0.2) is 27.6 Å². The Hall–Kier alpha value is -0.430. The maximum Gasteiger partial charge on any atom is 0.241 e. The number of nitrogens with one attached hydrogen (secondary N) is 1. The maximum absolute atomic E-state index is 12.1. The van der Waals surface area contributed by atoms with Gasteiger partial charge in [-0.1, -0.05) is 15.9 Å². The van der Waals surface area contributed by atoms with Crippen LogP contribution in [0.25, 0.3) is 0 Å². The first-order chi connectivity index (χ1) is 7.88. The summed E-state index contributed by atoms with van der Waals surface area (Å²) < 4.78 is 27.6. The SMILES string of the molecule is Cc1cc(S(=O)(=O)NC2(CO)CC2)ccc1Br. The average molecular weight is 320 g/mol. The standard InChI is InChI=1S/C11H14BrNO3S/c1-8-6-9(2-3-10(8)12)17(15,16)13-11(7-14)4-5-11/h2-3,6,13-14H,4-5,7H2,1H3. The van der Waals surface area contributed by atoms with Crippen molar-refractivity contribution in [3.8, 4) is 0 Å². The molecule has 6 heteroatoms. The van der Waals surface area contributed by atoms with Gasteiger partial charge in [0.15, 0.2) is 0 Å². The molecule has 0 atom stereocenters. The normalized spacial score (nSPS) is 18.1. The summed E-state index contributed by atoms with van der Waals surface area (Å²) >= 11 is 3.33. The lowest BCUT2D eigenvalue weighted by molar-refractivity contribution is 0.246. The van der Waals surface area contributed by atoms with Crippen molar-refractivity contribution in [1.29, 1.82) is 0 Å². The Morgan fingerprint density at radius 2 is 2.12 bits per heavy atom. The number of sulfonamides is 1. The molecule has 1 aliphatic rings. The van der Waals surface area contributed by atoms with E-state index in [1.165, 1.54) is 0 Å². The van der Waals surface area contributed by atoms with Gasteiger partial charge in [0.2, 0.25) is 10.0 Å². The van der Waals surface area contributed by atoms with Crippen molar-refractivity contribution in [1.82, 2.24) is 4.72 Å². The molecule has 0 unspecified atom stereocenters. The fraction of sp³-hybridized carbons (Fsp3) is 0.455. The van der Waals surface area contributed by atoms with E-state index >= 15 is 0 Å². The predicted molar refractivity (Wildman–Crippen MR) is 68.3 cm³/mol. The quantitative estimate of drug-likeness (QED) is 0.885. The van der Waals surface area contributed by atoms with Crippen LogP contribution in [0.5, 0.6) is 0 Å². The third kappa shape index (κ3) is 2.70. The summed E-state index contributed by atoms with van der Waals surface area (Å²) in [4.78, 5) is 0.234. The summed E-state index contributed by atoms with van der Waals surface area (Å²) in [6, 6.07) is 4.87. The molecule has 0 heterocycles. The Kier molecular flexibility index (Phi) is 3.33. The third-order valence-corrected chi connectivity index (χ3v) is 5.41. The molecule has 94 valence electrons. The molecule has 0 aliphatic heterocycles. The van der Waals surface area contributed by atoms with E-state index in [2.05, 4.69) is 20.7 Å². The predicted octanol–water partition coefficient (Wildman–Crippen LogP) is 1.56. The number of benzene rings is 1. The van der Waals surface area contributed by atoms with Crippen LogP contribution in [-0.2, 0) is 10.0 Å². The van der Waals surface area contributed by atoms with E-state index in [0.717, 1.165) is 10.0 Å². The summed E-state index contributed by atoms with van der Waals surface area (Å²) in [6.07, 6.45) is 1.39. The number of hydrogen-bond acceptors (Lipinski definition) is 3. The van der Waals surface area contributed by atoms with Crippen LogP contribution < -0.4 is 4.72 Å². The van der Waals surface area contributed by atoms with E-state index in [1.54, 1.807) is 18.2 Å². The molecule has 1 aromatic rings. The molecule has 0 radical (unpaired) electrons. The van der Waals surface area contributed by atoms with E-state index in [0.29, 0.717) is 12.8 Å². The largest absolute Gasteiger partial charge is 0.394 e. The smallest absolute Gasteiger partial charge is 0.241 e. The lowest BCUT2D eigenvalue weighted by atomic mass is 10.2. The minimum atomic E-state index is -3.54. The Labute approximate surface area is 109 Å². The molecule has 1 aromatic carbocycles. The lowest BCUT2D eigenvalue weighted by Gasteiger charge is -2.15. The summed E-state index contributed by atoms with van der Waals surface area (Å²) in [7, 11) is -3.54. The summed E-state index contributed by atoms with van der Waals surface area (Å²) in [5.74, 6) is 0. The average Bonchev–Trinajstić information content (AvgIpc) is 3.02. The van der Waals surface area contributed by atoms with Crippen LogP contribution in [-0.4, -0.2) is 25.7 Å². The Morgan fingerprint density at radius 3 is 2.59 bits per heavy atom. The van der Waals surface area contributed by atoms with Gasteiger partial charge in [-0.25, -0.2) is 13.1 Å². The van der Waals surface area contributed by atoms with Gasteiger partial charge in [0.25, 0.3) is 0 Å². The summed E-state index contributed by atoms with van der Waals surface area (Å²) in [5, 5.41) is 9.13. The minimum Gasteiger partial charge on any atom is -0.394 e. The fourth-order valence-electron chi connectivity index (χ4n) is 1.57. The highest BCUT2D eigenvalue weighted by atomic mass is 79.9. The highest BCUT2D eigenvalue weighted by Crippen LogP contribution is 2.36. The van der Waals surface area contributed by atoms with Crippen LogP contribution in [0.1, 0.15) is 18.4 Å². The van der Waals surface area contributed by atoms with Crippen LogP contribution in [0, 0.1) is 6.92 Å². The van der Waals surface area contributed by atoms with Gasteiger partial charge >= 0.3 is 0 Å². The Morgan fingerprint density at radius 1 is 1.47 bits per heavy atom. The van der Waals surface area contributed by atoms with Crippen LogP contribution in [0.2, 0.25) is 0 Å². The van der Waals surface area contributed by atoms with Crippen molar-refractivity contribution in [2.75, 3.05) is 6.61 Å². The molecular formula is C11H14BrNO3S. The van der Waals surface area contributed by atoms with Gasteiger partial charge < -0.3 is 5.11 Å². The molecule has 0 bridgehead atoms. The van der Waals surface area contributed by atoms with Crippen molar-refractivity contribution < 1.29 is 13.5 Å². The fourth-order valence-corrected chi connectivity index (χ4v) is 3.35. The molecule has 2 N–H and O–H groups in total. The maximum atomic E-state index is 12.1. The Balaban J connectivity index is 2.29. The van der Waals surface area contributed by atoms with E-state index in [1.807, 2.05) is 6.92 Å². The van der Waals surface area contributed by atoms with Crippen molar-refractivity contribution in [3.63, 3.8) is 0 Å². The molecule has 1 saturated carbocycles. The number of aliphatic hydroxyl groups excluding tert-OH is 1. The van der Waals surface area contributed by atoms with Crippen molar-refractivity contribution in [2.45, 2.75) is 30.2 Å². The van der Waals surface area contributed by atoms with E-state index in [-0.39, 0.29) is 11.5 Å². The Bertz CT molecular complexity index is 538. The molecule has 1 aliphatic carbocycles.